The monoisotopic (exact) mass is 405 g/mol. The number of benzene rings is 2. The molecule has 0 spiro atoms. The lowest BCUT2D eigenvalue weighted by molar-refractivity contribution is -0.120. The maximum absolute atomic E-state index is 11.9. The smallest absolute Gasteiger partial charge is 0.325 e. The molecule has 0 saturated carbocycles. The van der Waals surface area contributed by atoms with E-state index in [4.69, 9.17) is 4.74 Å². The van der Waals surface area contributed by atoms with E-state index in [1.54, 1.807) is 36.2 Å². The summed E-state index contributed by atoms with van der Waals surface area (Å²) in [6, 6.07) is 15.9. The van der Waals surface area contributed by atoms with Gasteiger partial charge in [0.25, 0.3) is 0 Å². The van der Waals surface area contributed by atoms with Crippen LogP contribution in [0.25, 0.3) is 0 Å². The summed E-state index contributed by atoms with van der Waals surface area (Å²) in [4.78, 5) is 25.4. The highest BCUT2D eigenvalue weighted by atomic mass is 79.9. The number of urea groups is 1. The van der Waals surface area contributed by atoms with Gasteiger partial charge in [-0.15, -0.1) is 0 Å². The van der Waals surface area contributed by atoms with Gasteiger partial charge in [-0.1, -0.05) is 34.1 Å². The van der Waals surface area contributed by atoms with Crippen molar-refractivity contribution in [3.8, 4) is 5.75 Å². The van der Waals surface area contributed by atoms with Crippen molar-refractivity contribution in [2.45, 2.75) is 0 Å². The summed E-state index contributed by atoms with van der Waals surface area (Å²) in [6.45, 7) is 1.11. The molecule has 0 aromatic heterocycles. The van der Waals surface area contributed by atoms with Gasteiger partial charge in [0.05, 0.1) is 6.54 Å². The van der Waals surface area contributed by atoms with Crippen molar-refractivity contribution in [1.29, 1.82) is 0 Å². The van der Waals surface area contributed by atoms with Crippen molar-refractivity contribution in [1.82, 2.24) is 10.2 Å². The fourth-order valence-corrected chi connectivity index (χ4v) is 2.29. The van der Waals surface area contributed by atoms with Crippen LogP contribution in [0.1, 0.15) is 0 Å². The number of imide groups is 1. The molecule has 0 fully saturated rings. The minimum Gasteiger partial charge on any atom is -0.492 e. The summed E-state index contributed by atoms with van der Waals surface area (Å²) in [5.74, 6) is 0.392. The normalized spacial score (nSPS) is 10.4. The topological polar surface area (TPSA) is 70.7 Å². The summed E-state index contributed by atoms with van der Waals surface area (Å²) >= 11 is 3.36. The summed E-state index contributed by atoms with van der Waals surface area (Å²) in [5.41, 5.74) is 0.629. The van der Waals surface area contributed by atoms with E-state index >= 15 is 0 Å². The molecule has 0 aliphatic rings. The van der Waals surface area contributed by atoms with E-state index in [9.17, 15) is 9.59 Å². The molecule has 0 aliphatic heterocycles. The molecule has 0 radical (unpaired) electrons. The lowest BCUT2D eigenvalue weighted by atomic mass is 10.3. The van der Waals surface area contributed by atoms with Gasteiger partial charge in [0.15, 0.2) is 0 Å². The van der Waals surface area contributed by atoms with E-state index in [1.807, 2.05) is 30.3 Å². The molecule has 0 saturated heterocycles. The molecule has 0 bridgehead atoms. The number of hydrogen-bond acceptors (Lipinski definition) is 4. The Morgan fingerprint density at radius 3 is 2.44 bits per heavy atom. The Morgan fingerprint density at radius 2 is 1.76 bits per heavy atom. The third kappa shape index (κ3) is 7.36. The number of likely N-dealkylation sites (N-methyl/N-ethyl adjacent to an activating group) is 1. The van der Waals surface area contributed by atoms with Gasteiger partial charge in [0.1, 0.15) is 12.4 Å². The summed E-state index contributed by atoms with van der Waals surface area (Å²) in [6.07, 6.45) is 0. The molecule has 0 heterocycles. The van der Waals surface area contributed by atoms with Gasteiger partial charge in [-0.3, -0.25) is 15.0 Å². The average molecular weight is 406 g/mol. The molecule has 7 heteroatoms. The molecule has 0 atom stereocenters. The Morgan fingerprint density at radius 1 is 1.08 bits per heavy atom. The highest BCUT2D eigenvalue weighted by molar-refractivity contribution is 9.10. The lowest BCUT2D eigenvalue weighted by Gasteiger charge is -2.16. The van der Waals surface area contributed by atoms with Crippen LogP contribution in [0.2, 0.25) is 0 Å². The van der Waals surface area contributed by atoms with Crippen LogP contribution in [0.5, 0.6) is 5.75 Å². The fraction of sp³-hybridized carbons (Fsp3) is 0.222. The number of halogens is 1. The number of para-hydroxylation sites is 1. The molecule has 0 aliphatic carbocycles. The van der Waals surface area contributed by atoms with Gasteiger partial charge >= 0.3 is 6.03 Å². The second-order valence-electron chi connectivity index (χ2n) is 5.41. The molecule has 2 aromatic rings. The first-order chi connectivity index (χ1) is 12.0. The molecule has 2 rings (SSSR count). The molecular formula is C18H20BrN3O3. The zero-order chi connectivity index (χ0) is 18.1. The average Bonchev–Trinajstić information content (AvgIpc) is 2.57. The van der Waals surface area contributed by atoms with Crippen LogP contribution in [0, 0.1) is 0 Å². The molecule has 2 N–H and O–H groups in total. The quantitative estimate of drug-likeness (QED) is 0.742. The van der Waals surface area contributed by atoms with Crippen LogP contribution in [-0.2, 0) is 4.79 Å². The first-order valence-corrected chi connectivity index (χ1v) is 8.55. The Hall–Kier alpha value is -2.38. The van der Waals surface area contributed by atoms with Crippen LogP contribution in [0.4, 0.5) is 10.5 Å². The third-order valence-electron chi connectivity index (χ3n) is 3.25. The lowest BCUT2D eigenvalue weighted by Crippen LogP contribution is -2.41. The van der Waals surface area contributed by atoms with Gasteiger partial charge in [0, 0.05) is 16.7 Å². The first-order valence-electron chi connectivity index (χ1n) is 7.76. The van der Waals surface area contributed by atoms with Gasteiger partial charge < -0.3 is 10.1 Å². The van der Waals surface area contributed by atoms with E-state index in [0.717, 1.165) is 10.2 Å². The Labute approximate surface area is 155 Å². The molecule has 0 unspecified atom stereocenters. The molecule has 6 nitrogen and oxygen atoms in total. The summed E-state index contributed by atoms with van der Waals surface area (Å²) in [7, 11) is 1.79. The van der Waals surface area contributed by atoms with Gasteiger partial charge in [-0.2, -0.15) is 0 Å². The van der Waals surface area contributed by atoms with Crippen molar-refractivity contribution in [3.05, 3.63) is 59.1 Å². The van der Waals surface area contributed by atoms with E-state index in [1.165, 1.54) is 0 Å². The van der Waals surface area contributed by atoms with Crippen molar-refractivity contribution in [2.24, 2.45) is 0 Å². The van der Waals surface area contributed by atoms with Crippen LogP contribution in [0.15, 0.2) is 59.1 Å². The maximum Gasteiger partial charge on any atom is 0.325 e. The number of carbonyl (C=O) groups is 2. The number of rotatable bonds is 7. The number of carbonyl (C=O) groups excluding carboxylic acids is 2. The van der Waals surface area contributed by atoms with Gasteiger partial charge in [-0.25, -0.2) is 4.79 Å². The SMILES string of the molecule is CN(CCOc1ccc(Br)cc1)CC(=O)NC(=O)Nc1ccccc1. The molecular weight excluding hydrogens is 386 g/mol. The van der Waals surface area contributed by atoms with Crippen molar-refractivity contribution in [3.63, 3.8) is 0 Å². The standard InChI is InChI=1S/C18H20BrN3O3/c1-22(11-12-25-16-9-7-14(19)8-10-16)13-17(23)21-18(24)20-15-5-3-2-4-6-15/h2-10H,11-13H2,1H3,(H2,20,21,23,24). The number of amides is 3. The molecule has 3 amide bonds. The van der Waals surface area contributed by atoms with Crippen molar-refractivity contribution in [2.75, 3.05) is 32.1 Å². The number of ether oxygens (including phenoxy) is 1. The largest absolute Gasteiger partial charge is 0.492 e. The van der Waals surface area contributed by atoms with Crippen LogP contribution in [0.3, 0.4) is 0 Å². The van der Waals surface area contributed by atoms with Crippen LogP contribution < -0.4 is 15.4 Å². The number of anilines is 1. The number of hydrogen-bond donors (Lipinski definition) is 2. The van der Waals surface area contributed by atoms with Crippen molar-refractivity contribution >= 4 is 33.6 Å². The minimum atomic E-state index is -0.546. The van der Waals surface area contributed by atoms with Crippen LogP contribution in [-0.4, -0.2) is 43.6 Å². The highest BCUT2D eigenvalue weighted by Gasteiger charge is 2.10. The molecule has 132 valence electrons. The third-order valence-corrected chi connectivity index (χ3v) is 3.78. The predicted octanol–water partition coefficient (Wildman–Crippen LogP) is 3.11. The summed E-state index contributed by atoms with van der Waals surface area (Å²) in [5, 5.41) is 4.89. The minimum absolute atomic E-state index is 0.103. The first kappa shape index (κ1) is 19.0. The van der Waals surface area contributed by atoms with E-state index < -0.39 is 6.03 Å². The zero-order valence-corrected chi connectivity index (χ0v) is 15.5. The Kier molecular flexibility index (Phi) is 7.43. The number of nitrogens with zero attached hydrogens (tertiary/aromatic N) is 1. The zero-order valence-electron chi connectivity index (χ0n) is 13.9. The molecule has 25 heavy (non-hydrogen) atoms. The Bertz CT molecular complexity index is 692. The van der Waals surface area contributed by atoms with E-state index in [-0.39, 0.29) is 12.5 Å². The predicted molar refractivity (Wildman–Crippen MR) is 101 cm³/mol. The summed E-state index contributed by atoms with van der Waals surface area (Å²) < 4.78 is 6.59. The van der Waals surface area contributed by atoms with Crippen molar-refractivity contribution < 1.29 is 14.3 Å². The van der Waals surface area contributed by atoms with Crippen LogP contribution >= 0.6 is 15.9 Å². The Balaban J connectivity index is 1.65. The molecule has 2 aromatic carbocycles. The van der Waals surface area contributed by atoms with E-state index in [2.05, 4.69) is 26.6 Å². The van der Waals surface area contributed by atoms with Gasteiger partial charge in [-0.05, 0) is 43.4 Å². The second-order valence-corrected chi connectivity index (χ2v) is 6.32. The van der Waals surface area contributed by atoms with E-state index in [0.29, 0.717) is 18.8 Å². The van der Waals surface area contributed by atoms with Gasteiger partial charge in [0.2, 0.25) is 5.91 Å². The maximum atomic E-state index is 11.9. The highest BCUT2D eigenvalue weighted by Crippen LogP contribution is 2.15. The second kappa shape index (κ2) is 9.80. The fourth-order valence-electron chi connectivity index (χ4n) is 2.02. The number of nitrogens with one attached hydrogen (secondary N) is 2.